The number of rotatable bonds is 4. The predicted molar refractivity (Wildman–Crippen MR) is 102 cm³/mol. The zero-order valence-corrected chi connectivity index (χ0v) is 16.7. The molecule has 146 valence electrons. The van der Waals surface area contributed by atoms with Gasteiger partial charge < -0.3 is 9.47 Å². The number of esters is 1. The van der Waals surface area contributed by atoms with Crippen LogP contribution in [0.25, 0.3) is 0 Å². The monoisotopic (exact) mass is 361 g/mol. The first-order valence-corrected chi connectivity index (χ1v) is 10.8. The third kappa shape index (κ3) is 3.02. The van der Waals surface area contributed by atoms with E-state index in [1.165, 1.54) is 44.9 Å². The molecule has 0 bridgehead atoms. The highest BCUT2D eigenvalue weighted by Crippen LogP contribution is 2.64. The van der Waals surface area contributed by atoms with Crippen LogP contribution in [0, 0.1) is 28.6 Å². The zero-order chi connectivity index (χ0) is 18.4. The van der Waals surface area contributed by atoms with Crippen LogP contribution in [-0.2, 0) is 14.3 Å². The van der Waals surface area contributed by atoms with Crippen molar-refractivity contribution in [3.63, 3.8) is 0 Å². The SMILES string of the molecule is CCOC(=O)COC1C=NC2CC[C@@H]3[C@@H](CC[C@]4(C)CCC[C@@H]34)[C@@]2(C)C1. The van der Waals surface area contributed by atoms with Crippen molar-refractivity contribution in [1.29, 1.82) is 0 Å². The van der Waals surface area contributed by atoms with Gasteiger partial charge in [-0.05, 0) is 80.5 Å². The number of aliphatic imine (C=N–C) groups is 1. The lowest BCUT2D eigenvalue weighted by atomic mass is 9.48. The fraction of sp³-hybridized carbons (Fsp3) is 0.909. The number of nitrogens with zero attached hydrogens (tertiary/aromatic N) is 1. The number of hydrogen-bond donors (Lipinski definition) is 0. The Hall–Kier alpha value is -0.900. The fourth-order valence-electron chi connectivity index (χ4n) is 7.13. The number of hydrogen-bond acceptors (Lipinski definition) is 4. The van der Waals surface area contributed by atoms with E-state index >= 15 is 0 Å². The van der Waals surface area contributed by atoms with E-state index in [9.17, 15) is 4.79 Å². The molecule has 3 saturated carbocycles. The number of carbonyl (C=O) groups is 1. The van der Waals surface area contributed by atoms with Crippen LogP contribution in [0.5, 0.6) is 0 Å². The van der Waals surface area contributed by atoms with Crippen molar-refractivity contribution in [2.24, 2.45) is 33.6 Å². The van der Waals surface area contributed by atoms with Gasteiger partial charge in [0.05, 0.1) is 18.8 Å². The van der Waals surface area contributed by atoms with Gasteiger partial charge in [0.2, 0.25) is 0 Å². The average Bonchev–Trinajstić information content (AvgIpc) is 3.01. The summed E-state index contributed by atoms with van der Waals surface area (Å²) in [5, 5.41) is 0. The van der Waals surface area contributed by atoms with Crippen molar-refractivity contribution >= 4 is 12.2 Å². The van der Waals surface area contributed by atoms with Gasteiger partial charge in [-0.2, -0.15) is 0 Å². The second-order valence-electron chi connectivity index (χ2n) is 9.72. The van der Waals surface area contributed by atoms with Crippen molar-refractivity contribution in [2.45, 2.75) is 84.3 Å². The normalized spacial score (nSPS) is 47.0. The second kappa shape index (κ2) is 6.92. The van der Waals surface area contributed by atoms with Gasteiger partial charge >= 0.3 is 5.97 Å². The molecule has 4 rings (SSSR count). The smallest absolute Gasteiger partial charge is 0.332 e. The Morgan fingerprint density at radius 1 is 1.15 bits per heavy atom. The summed E-state index contributed by atoms with van der Waals surface area (Å²) >= 11 is 0. The maximum absolute atomic E-state index is 11.6. The van der Waals surface area contributed by atoms with Crippen LogP contribution in [0.2, 0.25) is 0 Å². The van der Waals surface area contributed by atoms with Crippen molar-refractivity contribution in [3.8, 4) is 0 Å². The minimum absolute atomic E-state index is 0.0417. The molecule has 7 atom stereocenters. The lowest BCUT2D eigenvalue weighted by Gasteiger charge is -2.58. The lowest BCUT2D eigenvalue weighted by molar-refractivity contribution is -0.151. The minimum atomic E-state index is -0.269. The first kappa shape index (κ1) is 18.5. The summed E-state index contributed by atoms with van der Waals surface area (Å²) in [6, 6.07) is 0.442. The molecule has 0 amide bonds. The van der Waals surface area contributed by atoms with Gasteiger partial charge in [-0.1, -0.05) is 20.3 Å². The van der Waals surface area contributed by atoms with Crippen molar-refractivity contribution in [3.05, 3.63) is 0 Å². The summed E-state index contributed by atoms with van der Waals surface area (Å²) < 4.78 is 10.9. The number of ether oxygens (including phenoxy) is 2. The fourth-order valence-corrected chi connectivity index (χ4v) is 7.13. The average molecular weight is 362 g/mol. The molecule has 0 aromatic rings. The van der Waals surface area contributed by atoms with Gasteiger partial charge in [-0.3, -0.25) is 4.99 Å². The number of carbonyl (C=O) groups excluding carboxylic acids is 1. The third-order valence-corrected chi connectivity index (χ3v) is 8.39. The van der Waals surface area contributed by atoms with Crippen LogP contribution < -0.4 is 0 Å². The van der Waals surface area contributed by atoms with Crippen molar-refractivity contribution in [2.75, 3.05) is 13.2 Å². The Bertz CT molecular complexity index is 576. The molecule has 0 N–H and O–H groups in total. The molecule has 0 spiro atoms. The van der Waals surface area contributed by atoms with E-state index in [2.05, 4.69) is 13.8 Å². The molecule has 1 heterocycles. The van der Waals surface area contributed by atoms with E-state index < -0.39 is 0 Å². The van der Waals surface area contributed by atoms with Crippen molar-refractivity contribution < 1.29 is 14.3 Å². The highest BCUT2D eigenvalue weighted by molar-refractivity contribution is 5.71. The van der Waals surface area contributed by atoms with Gasteiger partial charge in [-0.15, -0.1) is 0 Å². The Morgan fingerprint density at radius 3 is 2.81 bits per heavy atom. The molecule has 4 heteroatoms. The van der Waals surface area contributed by atoms with Crippen molar-refractivity contribution in [1.82, 2.24) is 0 Å². The summed E-state index contributed by atoms with van der Waals surface area (Å²) in [6.45, 7) is 7.29. The van der Waals surface area contributed by atoms with Crippen LogP contribution in [0.15, 0.2) is 4.99 Å². The van der Waals surface area contributed by atoms with Crippen LogP contribution in [-0.4, -0.2) is 37.5 Å². The molecule has 4 aliphatic rings. The van der Waals surface area contributed by atoms with E-state index in [0.717, 1.165) is 24.2 Å². The van der Waals surface area contributed by atoms with Gasteiger partial charge in [0, 0.05) is 6.21 Å². The molecule has 0 aromatic heterocycles. The molecular weight excluding hydrogens is 326 g/mol. The van der Waals surface area contributed by atoms with E-state index in [1.54, 1.807) is 0 Å². The molecule has 4 nitrogen and oxygen atoms in total. The summed E-state index contributed by atoms with van der Waals surface area (Å²) in [5.41, 5.74) is 0.822. The van der Waals surface area contributed by atoms with Crippen LogP contribution in [0.4, 0.5) is 0 Å². The minimum Gasteiger partial charge on any atom is -0.464 e. The highest BCUT2D eigenvalue weighted by atomic mass is 16.6. The summed E-state index contributed by atoms with van der Waals surface area (Å²) in [4.78, 5) is 16.6. The predicted octanol–water partition coefficient (Wildman–Crippen LogP) is 4.41. The Labute approximate surface area is 158 Å². The van der Waals surface area contributed by atoms with E-state index in [4.69, 9.17) is 14.5 Å². The summed E-state index contributed by atoms with van der Waals surface area (Å²) in [5.74, 6) is 2.29. The lowest BCUT2D eigenvalue weighted by Crippen LogP contribution is -2.55. The highest BCUT2D eigenvalue weighted by Gasteiger charge is 2.58. The van der Waals surface area contributed by atoms with E-state index in [0.29, 0.717) is 18.1 Å². The molecule has 0 radical (unpaired) electrons. The third-order valence-electron chi connectivity index (χ3n) is 8.39. The largest absolute Gasteiger partial charge is 0.464 e. The van der Waals surface area contributed by atoms with Crippen LogP contribution in [0.1, 0.15) is 72.1 Å². The molecule has 26 heavy (non-hydrogen) atoms. The summed E-state index contributed by atoms with van der Waals surface area (Å²) in [6.07, 6.45) is 12.5. The molecule has 3 aliphatic carbocycles. The second-order valence-corrected chi connectivity index (χ2v) is 9.72. The molecule has 0 saturated heterocycles. The zero-order valence-electron chi connectivity index (χ0n) is 16.7. The Kier molecular flexibility index (Phi) is 4.92. The summed E-state index contributed by atoms with van der Waals surface area (Å²) in [7, 11) is 0. The standard InChI is InChI=1S/C22H35NO3/c1-4-25-20(24)14-26-15-12-22(3)18-9-11-21(2)10-5-6-17(21)16(18)7-8-19(22)23-13-15/h13,15-19H,4-12,14H2,1-3H3/t15?,16-,17-,18+,19?,21-,22+/m0/s1. The van der Waals surface area contributed by atoms with E-state index in [-0.39, 0.29) is 24.1 Å². The van der Waals surface area contributed by atoms with Gasteiger partial charge in [-0.25, -0.2) is 4.79 Å². The topological polar surface area (TPSA) is 47.9 Å². The van der Waals surface area contributed by atoms with Gasteiger partial charge in [0.15, 0.2) is 0 Å². The first-order chi connectivity index (χ1) is 12.5. The maximum Gasteiger partial charge on any atom is 0.332 e. The van der Waals surface area contributed by atoms with Crippen LogP contribution >= 0.6 is 0 Å². The molecule has 1 aliphatic heterocycles. The maximum atomic E-state index is 11.6. The van der Waals surface area contributed by atoms with Gasteiger partial charge in [0.25, 0.3) is 0 Å². The Morgan fingerprint density at radius 2 is 2.00 bits per heavy atom. The molecular formula is C22H35NO3. The first-order valence-electron chi connectivity index (χ1n) is 10.8. The van der Waals surface area contributed by atoms with Gasteiger partial charge in [0.1, 0.15) is 6.61 Å². The Balaban J connectivity index is 1.48. The van der Waals surface area contributed by atoms with E-state index in [1.807, 2.05) is 13.1 Å². The number of fused-ring (bicyclic) bond motifs is 5. The molecule has 0 aromatic carbocycles. The molecule has 2 unspecified atom stereocenters. The van der Waals surface area contributed by atoms with Crippen LogP contribution in [0.3, 0.4) is 0 Å². The molecule has 3 fully saturated rings. The quantitative estimate of drug-likeness (QED) is 0.697.